The molecule has 0 bridgehead atoms. The second kappa shape index (κ2) is 12.7. The topological polar surface area (TPSA) is 9.86 Å². The second-order valence-corrected chi connectivity index (χ2v) is 12.5. The van der Waals surface area contributed by atoms with Gasteiger partial charge in [0.15, 0.2) is 0 Å². The van der Waals surface area contributed by atoms with Crippen LogP contribution in [0.4, 0.5) is 0 Å². The highest BCUT2D eigenvalue weighted by Gasteiger charge is 2.18. The second-order valence-electron chi connectivity index (χ2n) is 12.5. The molecular weight excluding hydrogens is 532 g/mol. The van der Waals surface area contributed by atoms with E-state index in [4.69, 9.17) is 0 Å². The van der Waals surface area contributed by atoms with Gasteiger partial charge in [-0.05, 0) is 85.3 Å². The van der Waals surface area contributed by atoms with E-state index in [1.807, 2.05) is 0 Å². The molecule has 0 fully saturated rings. The van der Waals surface area contributed by atoms with E-state index < -0.39 is 0 Å². The number of hydrogen-bond donors (Lipinski definition) is 0. The molecule has 5 aromatic carbocycles. The molecule has 0 aliphatic carbocycles. The van der Waals surface area contributed by atoms with E-state index in [0.29, 0.717) is 0 Å². The van der Waals surface area contributed by atoms with E-state index >= 15 is 0 Å². The van der Waals surface area contributed by atoms with Crippen LogP contribution in [0.25, 0.3) is 55.0 Å². The molecule has 0 saturated heterocycles. The van der Waals surface area contributed by atoms with Gasteiger partial charge >= 0.3 is 0 Å². The largest absolute Gasteiger partial charge is 0.309 e. The summed E-state index contributed by atoms with van der Waals surface area (Å²) in [7, 11) is 0. The summed E-state index contributed by atoms with van der Waals surface area (Å²) in [6.45, 7) is 4.55. The van der Waals surface area contributed by atoms with Crippen molar-refractivity contribution in [2.24, 2.45) is 0 Å². The van der Waals surface area contributed by atoms with Crippen LogP contribution < -0.4 is 0 Å². The predicted octanol–water partition coefficient (Wildman–Crippen LogP) is 12.1. The van der Waals surface area contributed by atoms with Crippen molar-refractivity contribution in [2.45, 2.75) is 78.1 Å². The first-order valence-corrected chi connectivity index (χ1v) is 16.9. The average molecular weight is 577 g/mol. The van der Waals surface area contributed by atoms with Crippen LogP contribution >= 0.6 is 0 Å². The van der Waals surface area contributed by atoms with E-state index in [-0.39, 0.29) is 0 Å². The lowest BCUT2D eigenvalue weighted by Gasteiger charge is -2.11. The minimum atomic E-state index is 1.16. The first kappa shape index (κ1) is 28.5. The fourth-order valence-electron chi connectivity index (χ4n) is 7.12. The molecule has 7 rings (SSSR count). The summed E-state index contributed by atoms with van der Waals surface area (Å²) in [5, 5.41) is 5.20. The third kappa shape index (κ3) is 5.32. The first-order chi connectivity index (χ1) is 21.8. The Kier molecular flexibility index (Phi) is 8.24. The van der Waals surface area contributed by atoms with Gasteiger partial charge in [-0.3, -0.25) is 0 Å². The Bertz CT molecular complexity index is 1870. The average Bonchev–Trinajstić information content (AvgIpc) is 3.57. The number of hydrogen-bond acceptors (Lipinski definition) is 0. The van der Waals surface area contributed by atoms with E-state index in [2.05, 4.69) is 132 Å². The molecule has 2 heteroatoms. The molecular formula is C42H44N2. The van der Waals surface area contributed by atoms with E-state index in [1.165, 1.54) is 117 Å². The maximum atomic E-state index is 2.46. The molecule has 7 aromatic rings. The van der Waals surface area contributed by atoms with Gasteiger partial charge in [0.1, 0.15) is 0 Å². The minimum Gasteiger partial charge on any atom is -0.309 e. The highest BCUT2D eigenvalue weighted by Crippen LogP contribution is 2.39. The lowest BCUT2D eigenvalue weighted by molar-refractivity contribution is 0.667. The standard InChI is InChI=1S/C42H44N2/c1-3-5-7-9-15-31-21-25-33(26-22-31)43-39-19-13-11-17-35(39)37-30-42-38(29-41(37)43)36-18-12-14-20-40(36)44(42)34-27-23-32(24-28-34)16-10-8-6-4-2/h11-14,17-30H,3-10,15-16H2,1-2H3. The van der Waals surface area contributed by atoms with Crippen molar-refractivity contribution in [2.75, 3.05) is 0 Å². The van der Waals surface area contributed by atoms with E-state index in [0.717, 1.165) is 12.8 Å². The highest BCUT2D eigenvalue weighted by molar-refractivity contribution is 6.19. The summed E-state index contributed by atoms with van der Waals surface area (Å²) in [5.41, 5.74) is 10.4. The van der Waals surface area contributed by atoms with Gasteiger partial charge in [-0.2, -0.15) is 0 Å². The summed E-state index contributed by atoms with van der Waals surface area (Å²) in [5.74, 6) is 0. The fraction of sp³-hybridized carbons (Fsp3) is 0.286. The monoisotopic (exact) mass is 576 g/mol. The van der Waals surface area contributed by atoms with Gasteiger partial charge in [0.25, 0.3) is 0 Å². The Morgan fingerprint density at radius 2 is 0.795 bits per heavy atom. The molecule has 0 amide bonds. The van der Waals surface area contributed by atoms with Crippen LogP contribution in [0.15, 0.2) is 109 Å². The van der Waals surface area contributed by atoms with Crippen molar-refractivity contribution in [3.05, 3.63) is 120 Å². The molecule has 222 valence electrons. The van der Waals surface area contributed by atoms with Crippen LogP contribution in [0.2, 0.25) is 0 Å². The molecule has 0 atom stereocenters. The van der Waals surface area contributed by atoms with Gasteiger partial charge in [-0.25, -0.2) is 0 Å². The fourth-order valence-corrected chi connectivity index (χ4v) is 7.12. The van der Waals surface area contributed by atoms with Crippen LogP contribution in [0.1, 0.15) is 76.3 Å². The normalized spacial score (nSPS) is 11.9. The zero-order chi connectivity index (χ0) is 29.9. The summed E-state index contributed by atoms with van der Waals surface area (Å²) in [4.78, 5) is 0. The van der Waals surface area contributed by atoms with Crippen LogP contribution in [-0.4, -0.2) is 9.13 Å². The molecule has 0 saturated carbocycles. The number of para-hydroxylation sites is 2. The molecule has 0 N–H and O–H groups in total. The van der Waals surface area contributed by atoms with Gasteiger partial charge in [0.05, 0.1) is 22.1 Å². The molecule has 0 aliphatic heterocycles. The van der Waals surface area contributed by atoms with Gasteiger partial charge in [0.2, 0.25) is 0 Å². The smallest absolute Gasteiger partial charge is 0.0548 e. The number of aromatic nitrogens is 2. The molecule has 2 aromatic heterocycles. The van der Waals surface area contributed by atoms with Gasteiger partial charge < -0.3 is 9.13 Å². The zero-order valence-electron chi connectivity index (χ0n) is 26.4. The lowest BCUT2D eigenvalue weighted by atomic mass is 10.1. The van der Waals surface area contributed by atoms with Gasteiger partial charge in [-0.15, -0.1) is 0 Å². The number of rotatable bonds is 12. The Morgan fingerprint density at radius 3 is 1.20 bits per heavy atom. The van der Waals surface area contributed by atoms with Crippen molar-refractivity contribution < 1.29 is 0 Å². The summed E-state index contributed by atoms with van der Waals surface area (Å²) >= 11 is 0. The SMILES string of the molecule is CCCCCCc1ccc(-n2c3ccccc3c3cc4c(cc32)c2ccccc2n4-c2ccc(CCCCCC)cc2)cc1. The quantitative estimate of drug-likeness (QED) is 0.128. The van der Waals surface area contributed by atoms with Crippen molar-refractivity contribution in [1.82, 2.24) is 9.13 Å². The van der Waals surface area contributed by atoms with Crippen molar-refractivity contribution >= 4 is 43.6 Å². The van der Waals surface area contributed by atoms with Crippen LogP contribution in [0, 0.1) is 0 Å². The Hall–Kier alpha value is -4.30. The predicted molar refractivity (Wildman–Crippen MR) is 191 cm³/mol. The van der Waals surface area contributed by atoms with E-state index in [1.54, 1.807) is 0 Å². The third-order valence-electron chi connectivity index (χ3n) is 9.49. The molecule has 0 radical (unpaired) electrons. The van der Waals surface area contributed by atoms with Crippen LogP contribution in [0.5, 0.6) is 0 Å². The van der Waals surface area contributed by atoms with Gasteiger partial charge in [-0.1, -0.05) is 113 Å². The lowest BCUT2D eigenvalue weighted by Crippen LogP contribution is -1.96. The van der Waals surface area contributed by atoms with Crippen LogP contribution in [-0.2, 0) is 12.8 Å². The molecule has 0 unspecified atom stereocenters. The zero-order valence-corrected chi connectivity index (χ0v) is 26.4. The number of aryl methyl sites for hydroxylation is 2. The van der Waals surface area contributed by atoms with E-state index in [9.17, 15) is 0 Å². The van der Waals surface area contributed by atoms with Crippen molar-refractivity contribution in [3.63, 3.8) is 0 Å². The molecule has 0 aliphatic rings. The van der Waals surface area contributed by atoms with Gasteiger partial charge in [0, 0.05) is 32.9 Å². The minimum absolute atomic E-state index is 1.16. The van der Waals surface area contributed by atoms with Crippen molar-refractivity contribution in [1.29, 1.82) is 0 Å². The molecule has 2 nitrogen and oxygen atoms in total. The maximum Gasteiger partial charge on any atom is 0.0548 e. The van der Waals surface area contributed by atoms with Crippen molar-refractivity contribution in [3.8, 4) is 11.4 Å². The molecule has 0 spiro atoms. The summed E-state index contributed by atoms with van der Waals surface area (Å²) in [6, 6.07) is 41.2. The first-order valence-electron chi connectivity index (χ1n) is 16.9. The number of benzene rings is 5. The van der Waals surface area contributed by atoms with Crippen LogP contribution in [0.3, 0.4) is 0 Å². The number of nitrogens with zero attached hydrogens (tertiary/aromatic N) is 2. The Morgan fingerprint density at radius 1 is 0.386 bits per heavy atom. The Balaban J connectivity index is 1.35. The summed E-state index contributed by atoms with van der Waals surface area (Å²) < 4.78 is 4.93. The maximum absolute atomic E-state index is 2.46. The Labute approximate surface area is 261 Å². The number of fused-ring (bicyclic) bond motifs is 6. The summed E-state index contributed by atoms with van der Waals surface area (Å²) in [6.07, 6.45) is 12.7. The molecule has 44 heavy (non-hydrogen) atoms. The molecule has 2 heterocycles. The third-order valence-corrected chi connectivity index (χ3v) is 9.49. The highest BCUT2D eigenvalue weighted by atomic mass is 15.0. The number of unbranched alkanes of at least 4 members (excludes halogenated alkanes) is 6.